The van der Waals surface area contributed by atoms with Crippen LogP contribution >= 0.6 is 11.6 Å². The lowest BCUT2D eigenvalue weighted by Crippen LogP contribution is -2.50. The summed E-state index contributed by atoms with van der Waals surface area (Å²) in [5, 5.41) is 19.5. The van der Waals surface area contributed by atoms with Crippen molar-refractivity contribution in [2.75, 3.05) is 0 Å². The van der Waals surface area contributed by atoms with Crippen molar-refractivity contribution >= 4 is 23.5 Å². The molecule has 0 aromatic heterocycles. The molecule has 4 atom stereocenters. The zero-order valence-corrected chi connectivity index (χ0v) is 17.7. The highest BCUT2D eigenvalue weighted by atomic mass is 35.5. The number of alkyl halides is 3. The number of likely N-dealkylation sites (tertiary alicyclic amines) is 1. The maximum atomic E-state index is 13.2. The topological polar surface area (TPSA) is 77.8 Å². The van der Waals surface area contributed by atoms with Gasteiger partial charge in [0.2, 0.25) is 5.91 Å². The first-order chi connectivity index (χ1) is 13.9. The first-order valence-corrected chi connectivity index (χ1v) is 10.3. The van der Waals surface area contributed by atoms with Crippen molar-refractivity contribution in [3.8, 4) is 0 Å². The van der Waals surface area contributed by atoms with Gasteiger partial charge in [0.05, 0.1) is 12.5 Å². The molecule has 1 fully saturated rings. The van der Waals surface area contributed by atoms with E-state index in [1.165, 1.54) is 4.90 Å². The third-order valence-electron chi connectivity index (χ3n) is 5.84. The smallest absolute Gasteiger partial charge is 0.416 e. The van der Waals surface area contributed by atoms with Crippen LogP contribution in [0.15, 0.2) is 24.3 Å². The molecule has 1 aliphatic rings. The fourth-order valence-electron chi connectivity index (χ4n) is 3.96. The van der Waals surface area contributed by atoms with Crippen LogP contribution in [-0.2, 0) is 9.59 Å². The lowest BCUT2D eigenvalue weighted by Gasteiger charge is -2.44. The van der Waals surface area contributed by atoms with Crippen LogP contribution in [0.1, 0.15) is 64.0 Å². The highest BCUT2D eigenvalue weighted by molar-refractivity contribution is 6.30. The fourth-order valence-corrected chi connectivity index (χ4v) is 4.09. The number of hydrogen-bond acceptors (Lipinski definition) is 3. The second-order valence-corrected chi connectivity index (χ2v) is 8.49. The van der Waals surface area contributed by atoms with Crippen molar-refractivity contribution in [1.82, 2.24) is 4.90 Å². The van der Waals surface area contributed by atoms with Crippen LogP contribution in [0.4, 0.5) is 13.2 Å². The lowest BCUT2D eigenvalue weighted by atomic mass is 9.84. The molecular weight excluding hydrogens is 423 g/mol. The molecule has 0 bridgehead atoms. The Balaban J connectivity index is 2.33. The summed E-state index contributed by atoms with van der Waals surface area (Å²) in [6.07, 6.45) is -4.46. The summed E-state index contributed by atoms with van der Waals surface area (Å²) in [5.41, 5.74) is -2.07. The molecule has 1 aliphatic heterocycles. The molecule has 1 aromatic rings. The highest BCUT2D eigenvalue weighted by Crippen LogP contribution is 2.40. The molecule has 0 spiro atoms. The standard InChI is InChI=1S/C21H27ClF3NO4/c1-3-16(10-11-20(2,30)21(23,24)25)26-17(13-4-7-15(22)8-5-13)9-6-14(19(26)29)12-18(27)28/h4-5,7-8,14,16-17,30H,3,6,9-12H2,1-2H3,(H,27,28). The number of carbonyl (C=O) groups is 2. The molecule has 5 nitrogen and oxygen atoms in total. The Morgan fingerprint density at radius 1 is 1.27 bits per heavy atom. The second kappa shape index (κ2) is 9.56. The third-order valence-corrected chi connectivity index (χ3v) is 6.10. The van der Waals surface area contributed by atoms with Gasteiger partial charge in [-0.3, -0.25) is 9.59 Å². The number of carbonyl (C=O) groups excluding carboxylic acids is 1. The van der Waals surface area contributed by atoms with Gasteiger partial charge in [-0.15, -0.1) is 0 Å². The fraction of sp³-hybridized carbons (Fsp3) is 0.619. The van der Waals surface area contributed by atoms with Crippen molar-refractivity contribution < 1.29 is 33.0 Å². The van der Waals surface area contributed by atoms with Crippen molar-refractivity contribution in [3.05, 3.63) is 34.9 Å². The maximum Gasteiger partial charge on any atom is 0.416 e. The zero-order chi connectivity index (χ0) is 22.7. The normalized spacial score (nSPS) is 23.2. The number of aliphatic hydroxyl groups is 1. The average molecular weight is 450 g/mol. The number of amides is 1. The van der Waals surface area contributed by atoms with Crippen molar-refractivity contribution in [1.29, 1.82) is 0 Å². The molecule has 1 aromatic carbocycles. The summed E-state index contributed by atoms with van der Waals surface area (Å²) in [5.74, 6) is -2.18. The summed E-state index contributed by atoms with van der Waals surface area (Å²) in [4.78, 5) is 25.9. The van der Waals surface area contributed by atoms with Crippen LogP contribution in [-0.4, -0.2) is 44.8 Å². The van der Waals surface area contributed by atoms with E-state index in [1.807, 2.05) is 0 Å². The zero-order valence-electron chi connectivity index (χ0n) is 17.0. The number of aliphatic carboxylic acids is 1. The number of benzene rings is 1. The van der Waals surface area contributed by atoms with Gasteiger partial charge in [-0.25, -0.2) is 0 Å². The molecular formula is C21H27ClF3NO4. The number of halogens is 4. The van der Waals surface area contributed by atoms with E-state index in [0.29, 0.717) is 24.3 Å². The molecule has 1 heterocycles. The van der Waals surface area contributed by atoms with Gasteiger partial charge in [-0.1, -0.05) is 30.7 Å². The van der Waals surface area contributed by atoms with Gasteiger partial charge in [-0.05, 0) is 56.7 Å². The van der Waals surface area contributed by atoms with Crippen molar-refractivity contribution in [3.63, 3.8) is 0 Å². The Bertz CT molecular complexity index is 752. The van der Waals surface area contributed by atoms with Crippen LogP contribution in [0.3, 0.4) is 0 Å². The summed E-state index contributed by atoms with van der Waals surface area (Å²) in [6.45, 7) is 2.49. The average Bonchev–Trinajstić information content (AvgIpc) is 2.64. The molecule has 2 rings (SSSR count). The van der Waals surface area contributed by atoms with E-state index in [1.54, 1.807) is 31.2 Å². The quantitative estimate of drug-likeness (QED) is 0.587. The van der Waals surface area contributed by atoms with Crippen molar-refractivity contribution in [2.45, 2.75) is 76.2 Å². The van der Waals surface area contributed by atoms with Crippen LogP contribution in [0, 0.1) is 5.92 Å². The predicted molar refractivity (Wildman–Crippen MR) is 106 cm³/mol. The largest absolute Gasteiger partial charge is 0.481 e. The van der Waals surface area contributed by atoms with E-state index in [0.717, 1.165) is 12.5 Å². The minimum Gasteiger partial charge on any atom is -0.481 e. The Labute approximate surface area is 178 Å². The Morgan fingerprint density at radius 2 is 1.87 bits per heavy atom. The molecule has 30 heavy (non-hydrogen) atoms. The van der Waals surface area contributed by atoms with Gasteiger partial charge in [0.15, 0.2) is 5.60 Å². The second-order valence-electron chi connectivity index (χ2n) is 8.06. The number of piperidine rings is 1. The van der Waals surface area contributed by atoms with E-state index in [9.17, 15) is 27.9 Å². The van der Waals surface area contributed by atoms with Gasteiger partial charge < -0.3 is 15.1 Å². The van der Waals surface area contributed by atoms with E-state index in [-0.39, 0.29) is 24.8 Å². The van der Waals surface area contributed by atoms with Gasteiger partial charge in [-0.2, -0.15) is 13.2 Å². The van der Waals surface area contributed by atoms with Gasteiger partial charge >= 0.3 is 12.1 Å². The van der Waals surface area contributed by atoms with Crippen LogP contribution in [0.2, 0.25) is 5.02 Å². The molecule has 0 radical (unpaired) electrons. The third kappa shape index (κ3) is 5.66. The molecule has 9 heteroatoms. The molecule has 0 saturated carbocycles. The number of hydrogen-bond donors (Lipinski definition) is 2. The van der Waals surface area contributed by atoms with Gasteiger partial charge in [0.25, 0.3) is 0 Å². The van der Waals surface area contributed by atoms with Gasteiger partial charge in [0, 0.05) is 17.0 Å². The summed E-state index contributed by atoms with van der Waals surface area (Å²) < 4.78 is 39.3. The number of rotatable bonds is 8. The number of carboxylic acid groups (broad SMARTS) is 1. The molecule has 4 unspecified atom stereocenters. The Kier molecular flexibility index (Phi) is 7.80. The SMILES string of the molecule is CCC(CCC(C)(O)C(F)(F)F)N1C(=O)C(CC(=O)O)CCC1c1ccc(Cl)cc1. The van der Waals surface area contributed by atoms with Crippen molar-refractivity contribution in [2.24, 2.45) is 5.92 Å². The van der Waals surface area contributed by atoms with E-state index in [2.05, 4.69) is 0 Å². The minimum absolute atomic E-state index is 0.0569. The van der Waals surface area contributed by atoms with E-state index in [4.69, 9.17) is 16.7 Å². The van der Waals surface area contributed by atoms with E-state index < -0.39 is 36.1 Å². The summed E-state index contributed by atoms with van der Waals surface area (Å²) in [6, 6.07) is 5.94. The molecule has 0 aliphatic carbocycles. The molecule has 2 N–H and O–H groups in total. The molecule has 1 amide bonds. The van der Waals surface area contributed by atoms with Gasteiger partial charge in [0.1, 0.15) is 0 Å². The minimum atomic E-state index is -4.78. The predicted octanol–water partition coefficient (Wildman–Crippen LogP) is 4.97. The number of nitrogens with zero attached hydrogens (tertiary/aromatic N) is 1. The molecule has 168 valence electrons. The first-order valence-electron chi connectivity index (χ1n) is 9.96. The molecule has 1 saturated heterocycles. The number of carboxylic acids is 1. The van der Waals surface area contributed by atoms with E-state index >= 15 is 0 Å². The van der Waals surface area contributed by atoms with Crippen LogP contribution in [0.5, 0.6) is 0 Å². The monoisotopic (exact) mass is 449 g/mol. The van der Waals surface area contributed by atoms with Crippen LogP contribution in [0.25, 0.3) is 0 Å². The summed E-state index contributed by atoms with van der Waals surface area (Å²) >= 11 is 5.95. The summed E-state index contributed by atoms with van der Waals surface area (Å²) in [7, 11) is 0. The first kappa shape index (κ1) is 24.5. The maximum absolute atomic E-state index is 13.2. The lowest BCUT2D eigenvalue weighted by molar-refractivity contribution is -0.256. The Hall–Kier alpha value is -1.80. The Morgan fingerprint density at radius 3 is 2.37 bits per heavy atom. The van der Waals surface area contributed by atoms with Crippen LogP contribution < -0.4 is 0 Å². The highest BCUT2D eigenvalue weighted by Gasteiger charge is 2.50.